The summed E-state index contributed by atoms with van der Waals surface area (Å²) >= 11 is 0. The normalized spacial score (nSPS) is 11.6. The summed E-state index contributed by atoms with van der Waals surface area (Å²) in [6.07, 6.45) is 0.989. The molecule has 25 heavy (non-hydrogen) atoms. The maximum Gasteiger partial charge on any atom is 0.296 e. The largest absolute Gasteiger partial charge is 0.497 e. The average Bonchev–Trinajstić information content (AvgIpc) is 2.47. The van der Waals surface area contributed by atoms with Crippen molar-refractivity contribution in [3.05, 3.63) is 42.5 Å². The highest BCUT2D eigenvalue weighted by molar-refractivity contribution is 7.92. The molecule has 9 nitrogen and oxygen atoms in total. The molecular formula is C14H18N4O5S2. The van der Waals surface area contributed by atoms with E-state index in [1.54, 1.807) is 31.4 Å². The zero-order valence-electron chi connectivity index (χ0n) is 13.5. The minimum atomic E-state index is -4.05. The highest BCUT2D eigenvalue weighted by Gasteiger charge is 2.11. The molecule has 0 amide bonds. The van der Waals surface area contributed by atoms with Crippen molar-refractivity contribution in [2.24, 2.45) is 5.14 Å². The summed E-state index contributed by atoms with van der Waals surface area (Å²) in [5.74, 6) is 0.668. The zero-order chi connectivity index (χ0) is 18.7. The summed E-state index contributed by atoms with van der Waals surface area (Å²) in [6, 6.07) is 11.3. The Morgan fingerprint density at radius 2 is 1.48 bits per heavy atom. The summed E-state index contributed by atoms with van der Waals surface area (Å²) in [4.78, 5) is 0. The fraction of sp³-hybridized carbons (Fsp3) is 0.143. The van der Waals surface area contributed by atoms with Crippen molar-refractivity contribution in [1.29, 1.82) is 0 Å². The van der Waals surface area contributed by atoms with Crippen LogP contribution in [-0.4, -0.2) is 30.2 Å². The summed E-state index contributed by atoms with van der Waals surface area (Å²) < 4.78 is 54.9. The predicted molar refractivity (Wildman–Crippen MR) is 97.9 cm³/mol. The molecule has 0 aliphatic carbocycles. The summed E-state index contributed by atoms with van der Waals surface area (Å²) in [5.41, 5.74) is 1.33. The molecule has 0 unspecified atom stereocenters. The Morgan fingerprint density at radius 3 is 2.00 bits per heavy atom. The van der Waals surface area contributed by atoms with Crippen molar-refractivity contribution in [1.82, 2.24) is 0 Å². The van der Waals surface area contributed by atoms with E-state index in [9.17, 15) is 16.8 Å². The van der Waals surface area contributed by atoms with Crippen molar-refractivity contribution in [3.8, 4) is 5.75 Å². The number of hydrogen-bond acceptors (Lipinski definition) is 6. The molecule has 0 fully saturated rings. The molecule has 0 aliphatic rings. The highest BCUT2D eigenvalue weighted by atomic mass is 32.2. The van der Waals surface area contributed by atoms with Gasteiger partial charge in [0.25, 0.3) is 10.2 Å². The van der Waals surface area contributed by atoms with E-state index in [1.807, 2.05) is 0 Å². The minimum absolute atomic E-state index is 0.0898. The van der Waals surface area contributed by atoms with Gasteiger partial charge >= 0.3 is 0 Å². The average molecular weight is 386 g/mol. The number of hydrogen-bond donors (Lipinski definition) is 4. The van der Waals surface area contributed by atoms with Gasteiger partial charge in [0.2, 0.25) is 10.0 Å². The quantitative estimate of drug-likeness (QED) is 0.567. The van der Waals surface area contributed by atoms with Gasteiger partial charge in [-0.25, -0.2) is 13.6 Å². The maximum atomic E-state index is 11.4. The second kappa shape index (κ2) is 7.17. The van der Waals surface area contributed by atoms with E-state index < -0.39 is 20.2 Å². The smallest absolute Gasteiger partial charge is 0.296 e. The molecule has 0 saturated carbocycles. The van der Waals surface area contributed by atoms with Crippen LogP contribution in [0.15, 0.2) is 42.5 Å². The lowest BCUT2D eigenvalue weighted by molar-refractivity contribution is 0.415. The molecule has 0 spiro atoms. The number of anilines is 4. The van der Waals surface area contributed by atoms with Crippen molar-refractivity contribution < 1.29 is 21.6 Å². The lowest BCUT2D eigenvalue weighted by Crippen LogP contribution is -2.22. The number of rotatable bonds is 7. The van der Waals surface area contributed by atoms with Crippen LogP contribution in [0.5, 0.6) is 5.75 Å². The molecule has 0 heterocycles. The number of benzene rings is 2. The monoisotopic (exact) mass is 386 g/mol. The van der Waals surface area contributed by atoms with Gasteiger partial charge < -0.3 is 10.1 Å². The van der Waals surface area contributed by atoms with E-state index in [1.165, 1.54) is 18.2 Å². The van der Waals surface area contributed by atoms with Gasteiger partial charge in [-0.15, -0.1) is 0 Å². The molecule has 136 valence electrons. The number of nitrogens with one attached hydrogen (secondary N) is 3. The molecule has 0 aromatic heterocycles. The third-order valence-corrected chi connectivity index (χ3v) is 4.05. The van der Waals surface area contributed by atoms with E-state index in [0.717, 1.165) is 6.26 Å². The third-order valence-electron chi connectivity index (χ3n) is 2.94. The molecule has 0 aliphatic heterocycles. The molecule has 2 rings (SSSR count). The Labute approximate surface area is 146 Å². The minimum Gasteiger partial charge on any atom is -0.497 e. The Morgan fingerprint density at radius 1 is 0.880 bits per heavy atom. The van der Waals surface area contributed by atoms with Crippen LogP contribution in [0.4, 0.5) is 22.7 Å². The molecule has 0 bridgehead atoms. The number of nitrogens with two attached hydrogens (primary N) is 1. The van der Waals surface area contributed by atoms with Gasteiger partial charge in [0, 0.05) is 5.69 Å². The third kappa shape index (κ3) is 6.14. The Balaban J connectivity index is 2.37. The van der Waals surface area contributed by atoms with Crippen LogP contribution < -0.4 is 24.6 Å². The lowest BCUT2D eigenvalue weighted by atomic mass is 10.2. The van der Waals surface area contributed by atoms with Crippen LogP contribution in [0.25, 0.3) is 0 Å². The number of methoxy groups -OCH3 is 1. The second-order valence-corrected chi connectivity index (χ2v) is 8.18. The topological polar surface area (TPSA) is 140 Å². The van der Waals surface area contributed by atoms with Gasteiger partial charge in [-0.1, -0.05) is 0 Å². The molecule has 0 atom stereocenters. The molecule has 0 radical (unpaired) electrons. The molecule has 5 N–H and O–H groups in total. The number of ether oxygens (including phenoxy) is 1. The SMILES string of the molecule is COc1ccc(Nc2ccc(NS(C)(=O)=O)cc2NS(N)(=O)=O)cc1. The van der Waals surface area contributed by atoms with Crippen LogP contribution in [0, 0.1) is 0 Å². The summed E-state index contributed by atoms with van der Waals surface area (Å²) in [5, 5.41) is 8.04. The van der Waals surface area contributed by atoms with E-state index >= 15 is 0 Å². The van der Waals surface area contributed by atoms with Crippen molar-refractivity contribution in [2.75, 3.05) is 28.1 Å². The highest BCUT2D eigenvalue weighted by Crippen LogP contribution is 2.30. The van der Waals surface area contributed by atoms with Crippen LogP contribution in [0.3, 0.4) is 0 Å². The van der Waals surface area contributed by atoms with E-state index in [2.05, 4.69) is 14.8 Å². The maximum absolute atomic E-state index is 11.4. The fourth-order valence-corrected chi connectivity index (χ4v) is 3.03. The molecule has 2 aromatic carbocycles. The van der Waals surface area contributed by atoms with Gasteiger partial charge in [0.15, 0.2) is 0 Å². The van der Waals surface area contributed by atoms with Crippen molar-refractivity contribution >= 4 is 43.0 Å². The molecule has 11 heteroatoms. The van der Waals surface area contributed by atoms with Crippen LogP contribution in [-0.2, 0) is 20.2 Å². The first-order valence-corrected chi connectivity index (χ1v) is 10.3. The zero-order valence-corrected chi connectivity index (χ0v) is 15.1. The summed E-state index contributed by atoms with van der Waals surface area (Å²) in [6.45, 7) is 0. The molecule has 2 aromatic rings. The van der Waals surface area contributed by atoms with Gasteiger partial charge in [-0.05, 0) is 42.5 Å². The first-order valence-electron chi connectivity index (χ1n) is 6.89. The van der Waals surface area contributed by atoms with E-state index in [0.29, 0.717) is 17.1 Å². The Kier molecular flexibility index (Phi) is 5.40. The van der Waals surface area contributed by atoms with Crippen LogP contribution in [0.1, 0.15) is 0 Å². The van der Waals surface area contributed by atoms with Crippen LogP contribution >= 0.6 is 0 Å². The van der Waals surface area contributed by atoms with E-state index in [4.69, 9.17) is 9.88 Å². The first kappa shape index (κ1) is 18.8. The van der Waals surface area contributed by atoms with Gasteiger partial charge in [0.05, 0.1) is 30.4 Å². The molecular weight excluding hydrogens is 368 g/mol. The predicted octanol–water partition coefficient (Wildman–Crippen LogP) is 1.43. The molecule has 0 saturated heterocycles. The van der Waals surface area contributed by atoms with Gasteiger partial charge in [-0.2, -0.15) is 8.42 Å². The second-order valence-electron chi connectivity index (χ2n) is 5.14. The standard InChI is InChI=1S/C14H18N4O5S2/c1-23-12-6-3-10(4-7-12)16-13-8-5-11(17-24(2,19)20)9-14(13)18-25(15,21)22/h3-9,16-18H,1-2H3,(H2,15,21,22). The van der Waals surface area contributed by atoms with Crippen molar-refractivity contribution in [3.63, 3.8) is 0 Å². The fourth-order valence-electron chi connectivity index (χ4n) is 2.00. The number of sulfonamides is 1. The Bertz CT molecular complexity index is 957. The lowest BCUT2D eigenvalue weighted by Gasteiger charge is -2.15. The Hall–Kier alpha value is -2.50. The van der Waals surface area contributed by atoms with Crippen LogP contribution in [0.2, 0.25) is 0 Å². The first-order chi connectivity index (χ1) is 11.6. The summed E-state index contributed by atoms with van der Waals surface area (Å²) in [7, 11) is -6.01. The van der Waals surface area contributed by atoms with Gasteiger partial charge in [0.1, 0.15) is 5.75 Å². The van der Waals surface area contributed by atoms with Crippen molar-refractivity contribution in [2.45, 2.75) is 0 Å². The van der Waals surface area contributed by atoms with Gasteiger partial charge in [-0.3, -0.25) is 9.44 Å². The van der Waals surface area contributed by atoms with E-state index in [-0.39, 0.29) is 11.4 Å².